The van der Waals surface area contributed by atoms with Crippen LogP contribution in [0.5, 0.6) is 0 Å². The highest BCUT2D eigenvalue weighted by molar-refractivity contribution is 5.70. The zero-order valence-electron chi connectivity index (χ0n) is 10.1. The molecular formula is C12H19NO3. The van der Waals surface area contributed by atoms with Crippen LogP contribution in [0.25, 0.3) is 0 Å². The molecule has 0 aromatic heterocycles. The SMILES string of the molecule is CC(C)(C)OC(=O)N1CC=C(O)CC12CC2. The van der Waals surface area contributed by atoms with E-state index in [1.807, 2.05) is 20.8 Å². The van der Waals surface area contributed by atoms with Crippen molar-refractivity contribution in [2.45, 2.75) is 51.2 Å². The van der Waals surface area contributed by atoms with Crippen LogP contribution in [-0.4, -0.2) is 33.8 Å². The lowest BCUT2D eigenvalue weighted by Gasteiger charge is -2.35. The molecule has 0 radical (unpaired) electrons. The van der Waals surface area contributed by atoms with Gasteiger partial charge in [0.2, 0.25) is 0 Å². The number of carbonyl (C=O) groups excluding carboxylic acids is 1. The molecule has 0 atom stereocenters. The Balaban J connectivity index is 2.07. The smallest absolute Gasteiger partial charge is 0.411 e. The lowest BCUT2D eigenvalue weighted by molar-refractivity contribution is 0.0125. The summed E-state index contributed by atoms with van der Waals surface area (Å²) in [7, 11) is 0. The van der Waals surface area contributed by atoms with Crippen LogP contribution in [0.2, 0.25) is 0 Å². The number of hydrogen-bond donors (Lipinski definition) is 1. The van der Waals surface area contributed by atoms with Crippen molar-refractivity contribution in [1.29, 1.82) is 0 Å². The maximum Gasteiger partial charge on any atom is 0.411 e. The quantitative estimate of drug-likeness (QED) is 0.689. The van der Waals surface area contributed by atoms with Crippen LogP contribution < -0.4 is 0 Å². The second-order valence-electron chi connectivity index (χ2n) is 5.69. The minimum Gasteiger partial charge on any atom is -0.512 e. The summed E-state index contributed by atoms with van der Waals surface area (Å²) in [5, 5.41) is 9.50. The van der Waals surface area contributed by atoms with Gasteiger partial charge in [-0.15, -0.1) is 0 Å². The van der Waals surface area contributed by atoms with Crippen molar-refractivity contribution in [3.63, 3.8) is 0 Å². The summed E-state index contributed by atoms with van der Waals surface area (Å²) in [6, 6.07) is 0. The molecule has 4 nitrogen and oxygen atoms in total. The Bertz CT molecular complexity index is 337. The molecule has 1 N–H and O–H groups in total. The van der Waals surface area contributed by atoms with E-state index in [9.17, 15) is 9.90 Å². The summed E-state index contributed by atoms with van der Waals surface area (Å²) in [6.07, 6.45) is 3.92. The third-order valence-electron chi connectivity index (χ3n) is 3.03. The highest BCUT2D eigenvalue weighted by Gasteiger charge is 2.52. The standard InChI is InChI=1S/C12H19NO3/c1-11(2,3)16-10(15)13-7-4-9(14)8-12(13)5-6-12/h4,14H,5-8H2,1-3H3. The molecule has 1 spiro atoms. The molecule has 0 unspecified atom stereocenters. The number of aliphatic hydroxyl groups is 1. The fraction of sp³-hybridized carbons (Fsp3) is 0.750. The molecule has 0 saturated heterocycles. The molecule has 2 rings (SSSR count). The molecule has 1 amide bonds. The number of amides is 1. The van der Waals surface area contributed by atoms with Crippen LogP contribution in [0.4, 0.5) is 4.79 Å². The second kappa shape index (κ2) is 3.40. The summed E-state index contributed by atoms with van der Waals surface area (Å²) in [5.74, 6) is 0.400. The number of aliphatic hydroxyl groups excluding tert-OH is 1. The number of ether oxygens (including phenoxy) is 1. The van der Waals surface area contributed by atoms with E-state index in [1.54, 1.807) is 11.0 Å². The van der Waals surface area contributed by atoms with E-state index in [0.717, 1.165) is 12.8 Å². The van der Waals surface area contributed by atoms with Crippen molar-refractivity contribution >= 4 is 6.09 Å². The summed E-state index contributed by atoms with van der Waals surface area (Å²) in [5.41, 5.74) is -0.614. The fourth-order valence-electron chi connectivity index (χ4n) is 2.07. The van der Waals surface area contributed by atoms with E-state index in [0.29, 0.717) is 18.7 Å². The number of nitrogens with zero attached hydrogens (tertiary/aromatic N) is 1. The summed E-state index contributed by atoms with van der Waals surface area (Å²) >= 11 is 0. The molecule has 1 aliphatic carbocycles. The third kappa shape index (κ3) is 2.15. The minimum absolute atomic E-state index is 0.152. The van der Waals surface area contributed by atoms with Gasteiger partial charge in [-0.05, 0) is 39.7 Å². The van der Waals surface area contributed by atoms with E-state index in [-0.39, 0.29) is 11.6 Å². The van der Waals surface area contributed by atoms with Crippen molar-refractivity contribution in [3.8, 4) is 0 Å². The van der Waals surface area contributed by atoms with Gasteiger partial charge in [-0.1, -0.05) is 0 Å². The van der Waals surface area contributed by atoms with Crippen LogP contribution in [0, 0.1) is 0 Å². The van der Waals surface area contributed by atoms with Gasteiger partial charge in [0.25, 0.3) is 0 Å². The Morgan fingerprint density at radius 3 is 2.62 bits per heavy atom. The molecule has 16 heavy (non-hydrogen) atoms. The lowest BCUT2D eigenvalue weighted by Crippen LogP contribution is -2.47. The maximum absolute atomic E-state index is 12.0. The number of hydrogen-bond acceptors (Lipinski definition) is 3. The summed E-state index contributed by atoms with van der Waals surface area (Å²) < 4.78 is 5.36. The Labute approximate surface area is 95.9 Å². The van der Waals surface area contributed by atoms with Gasteiger partial charge in [0, 0.05) is 13.0 Å². The first-order valence-electron chi connectivity index (χ1n) is 5.71. The topological polar surface area (TPSA) is 49.8 Å². The van der Waals surface area contributed by atoms with Crippen LogP contribution in [0.15, 0.2) is 11.8 Å². The zero-order valence-corrected chi connectivity index (χ0v) is 10.1. The molecule has 1 heterocycles. The molecule has 2 aliphatic rings. The zero-order chi connectivity index (χ0) is 12.0. The van der Waals surface area contributed by atoms with Gasteiger partial charge in [-0.25, -0.2) is 4.79 Å². The average molecular weight is 225 g/mol. The molecule has 1 saturated carbocycles. The first-order valence-corrected chi connectivity index (χ1v) is 5.71. The van der Waals surface area contributed by atoms with E-state index < -0.39 is 5.60 Å². The number of rotatable bonds is 0. The Kier molecular flexibility index (Phi) is 2.40. The van der Waals surface area contributed by atoms with Crippen LogP contribution in [-0.2, 0) is 4.74 Å². The van der Waals surface area contributed by atoms with Gasteiger partial charge < -0.3 is 9.84 Å². The van der Waals surface area contributed by atoms with Crippen LogP contribution >= 0.6 is 0 Å². The normalized spacial score (nSPS) is 22.9. The van der Waals surface area contributed by atoms with Gasteiger partial charge in [0.1, 0.15) is 5.60 Å². The van der Waals surface area contributed by atoms with Crippen LogP contribution in [0.1, 0.15) is 40.0 Å². The van der Waals surface area contributed by atoms with Gasteiger partial charge in [-0.3, -0.25) is 4.90 Å². The van der Waals surface area contributed by atoms with Crippen molar-refractivity contribution in [2.75, 3.05) is 6.54 Å². The molecule has 0 aromatic rings. The molecule has 4 heteroatoms. The third-order valence-corrected chi connectivity index (χ3v) is 3.03. The van der Waals surface area contributed by atoms with Gasteiger partial charge in [0.15, 0.2) is 0 Å². The summed E-state index contributed by atoms with van der Waals surface area (Å²) in [4.78, 5) is 13.7. The largest absolute Gasteiger partial charge is 0.512 e. The predicted molar refractivity (Wildman–Crippen MR) is 60.2 cm³/mol. The molecule has 0 aromatic carbocycles. The Morgan fingerprint density at radius 2 is 2.12 bits per heavy atom. The predicted octanol–water partition coefficient (Wildman–Crippen LogP) is 2.60. The van der Waals surface area contributed by atoms with Crippen LogP contribution in [0.3, 0.4) is 0 Å². The van der Waals surface area contributed by atoms with Crippen molar-refractivity contribution in [1.82, 2.24) is 4.90 Å². The van der Waals surface area contributed by atoms with Crippen molar-refractivity contribution in [3.05, 3.63) is 11.8 Å². The fourth-order valence-corrected chi connectivity index (χ4v) is 2.07. The highest BCUT2D eigenvalue weighted by Crippen LogP contribution is 2.48. The van der Waals surface area contributed by atoms with Gasteiger partial charge in [0.05, 0.1) is 11.3 Å². The number of carbonyl (C=O) groups is 1. The highest BCUT2D eigenvalue weighted by atomic mass is 16.6. The Morgan fingerprint density at radius 1 is 1.50 bits per heavy atom. The molecule has 1 fully saturated rings. The monoisotopic (exact) mass is 225 g/mol. The minimum atomic E-state index is -0.462. The van der Waals surface area contributed by atoms with Crippen molar-refractivity contribution in [2.24, 2.45) is 0 Å². The van der Waals surface area contributed by atoms with E-state index in [4.69, 9.17) is 4.74 Å². The van der Waals surface area contributed by atoms with Crippen molar-refractivity contribution < 1.29 is 14.6 Å². The van der Waals surface area contributed by atoms with Gasteiger partial charge >= 0.3 is 6.09 Å². The average Bonchev–Trinajstić information content (AvgIpc) is 2.81. The van der Waals surface area contributed by atoms with E-state index in [1.165, 1.54) is 0 Å². The first-order chi connectivity index (χ1) is 7.32. The molecule has 1 aliphatic heterocycles. The first kappa shape index (κ1) is 11.3. The summed E-state index contributed by atoms with van der Waals surface area (Å²) in [6.45, 7) is 6.05. The molecule has 90 valence electrons. The van der Waals surface area contributed by atoms with E-state index in [2.05, 4.69) is 0 Å². The Hall–Kier alpha value is -1.19. The lowest BCUT2D eigenvalue weighted by atomic mass is 10.1. The maximum atomic E-state index is 12.0. The molecular weight excluding hydrogens is 206 g/mol. The van der Waals surface area contributed by atoms with Gasteiger partial charge in [-0.2, -0.15) is 0 Å². The molecule has 0 bridgehead atoms. The second-order valence-corrected chi connectivity index (χ2v) is 5.69. The van der Waals surface area contributed by atoms with E-state index >= 15 is 0 Å².